The number of halogens is 1. The number of rotatable bonds is 5. The molecule has 2 heterocycles. The highest BCUT2D eigenvalue weighted by Crippen LogP contribution is 2.29. The minimum Gasteiger partial charge on any atom is -0.479 e. The fourth-order valence-corrected chi connectivity index (χ4v) is 2.70. The van der Waals surface area contributed by atoms with Gasteiger partial charge in [-0.25, -0.2) is 9.59 Å². The number of aliphatic carboxylic acids is 2. The minimum atomic E-state index is -2.27. The quantitative estimate of drug-likeness (QED) is 0.306. The average molecular weight is 444 g/mol. The van der Waals surface area contributed by atoms with E-state index in [4.69, 9.17) is 20.4 Å². The van der Waals surface area contributed by atoms with Gasteiger partial charge in [-0.1, -0.05) is 0 Å². The number of benzene rings is 1. The maximum Gasteiger partial charge on any atom is 0.335 e. The number of hydrogen-bond donors (Lipinski definition) is 7. The molecule has 7 N–H and O–H groups in total. The van der Waals surface area contributed by atoms with E-state index in [1.807, 2.05) is 12.1 Å². The lowest BCUT2D eigenvalue weighted by atomic mass is 10.2. The highest BCUT2D eigenvalue weighted by atomic mass is 79.9. The maximum absolute atomic E-state index is 9.77. The Labute approximate surface area is 161 Å². The van der Waals surface area contributed by atoms with Gasteiger partial charge >= 0.3 is 11.9 Å². The number of nitrogens with one attached hydrogen (secondary N) is 3. The van der Waals surface area contributed by atoms with Crippen molar-refractivity contribution in [1.82, 2.24) is 20.6 Å². The van der Waals surface area contributed by atoms with Gasteiger partial charge in [-0.3, -0.25) is 20.6 Å². The molecule has 0 spiro atoms. The molecule has 0 amide bonds. The molecule has 1 aliphatic heterocycles. The molecular weight excluding hydrogens is 426 g/mol. The van der Waals surface area contributed by atoms with Gasteiger partial charge in [-0.05, 0) is 28.1 Å². The number of aromatic nitrogens is 2. The van der Waals surface area contributed by atoms with E-state index in [0.717, 1.165) is 34.3 Å². The highest BCUT2D eigenvalue weighted by Gasteiger charge is 2.29. The Bertz CT molecular complexity index is 798. The first-order valence-corrected chi connectivity index (χ1v) is 8.55. The number of carbonyl (C=O) groups is 2. The minimum absolute atomic E-state index is 0.112. The summed E-state index contributed by atoms with van der Waals surface area (Å²) in [6.45, 7) is 1.95. The van der Waals surface area contributed by atoms with Crippen molar-refractivity contribution in [1.29, 1.82) is 0 Å². The largest absolute Gasteiger partial charge is 0.479 e. The second-order valence-electron chi connectivity index (χ2n) is 5.40. The Kier molecular flexibility index (Phi) is 7.38. The van der Waals surface area contributed by atoms with E-state index in [1.165, 1.54) is 0 Å². The van der Waals surface area contributed by atoms with E-state index in [-0.39, 0.29) is 6.29 Å². The van der Waals surface area contributed by atoms with Crippen molar-refractivity contribution in [3.8, 4) is 0 Å². The summed E-state index contributed by atoms with van der Waals surface area (Å²) in [5.74, 6) is -3.54. The van der Waals surface area contributed by atoms with E-state index in [0.29, 0.717) is 0 Å². The van der Waals surface area contributed by atoms with Crippen molar-refractivity contribution >= 4 is 44.6 Å². The molecule has 3 rings (SSSR count). The summed E-state index contributed by atoms with van der Waals surface area (Å²) in [5.41, 5.74) is 2.76. The number of carboxylic acid groups (broad SMARTS) is 2. The number of nitrogens with zero attached hydrogens (tertiary/aromatic N) is 2. The molecular formula is C15H18BrN5O6. The Hall–Kier alpha value is -2.38. The van der Waals surface area contributed by atoms with Crippen LogP contribution >= 0.6 is 15.9 Å². The SMILES string of the molecule is Brc1c(NC2NCCN2)ccc2nccnc12.O=C(O)C(O)C(O)C(=O)O. The summed E-state index contributed by atoms with van der Waals surface area (Å²) in [4.78, 5) is 28.1. The number of carboxylic acids is 2. The van der Waals surface area contributed by atoms with Crippen LogP contribution in [0.5, 0.6) is 0 Å². The smallest absolute Gasteiger partial charge is 0.335 e. The third-order valence-corrected chi connectivity index (χ3v) is 4.31. The second kappa shape index (κ2) is 9.53. The van der Waals surface area contributed by atoms with Crippen LogP contribution in [0.4, 0.5) is 5.69 Å². The van der Waals surface area contributed by atoms with Crippen LogP contribution in [-0.4, -0.2) is 73.9 Å². The van der Waals surface area contributed by atoms with Crippen LogP contribution in [0.1, 0.15) is 0 Å². The van der Waals surface area contributed by atoms with Gasteiger partial charge in [0.15, 0.2) is 12.2 Å². The first-order valence-electron chi connectivity index (χ1n) is 7.75. The number of aliphatic hydroxyl groups is 2. The van der Waals surface area contributed by atoms with E-state index in [2.05, 4.69) is 41.8 Å². The Balaban J connectivity index is 0.000000227. The average Bonchev–Trinajstić information content (AvgIpc) is 3.16. The first kappa shape index (κ1) is 20.9. The lowest BCUT2D eigenvalue weighted by Gasteiger charge is -2.16. The summed E-state index contributed by atoms with van der Waals surface area (Å²) < 4.78 is 0.943. The molecule has 2 unspecified atom stereocenters. The molecule has 1 saturated heterocycles. The van der Waals surface area contributed by atoms with Gasteiger partial charge in [-0.15, -0.1) is 0 Å². The van der Waals surface area contributed by atoms with E-state index >= 15 is 0 Å². The highest BCUT2D eigenvalue weighted by molar-refractivity contribution is 9.10. The fraction of sp³-hybridized carbons (Fsp3) is 0.333. The van der Waals surface area contributed by atoms with Crippen molar-refractivity contribution in [2.45, 2.75) is 18.5 Å². The monoisotopic (exact) mass is 443 g/mol. The molecule has 1 aliphatic rings. The predicted octanol–water partition coefficient (Wildman–Crippen LogP) is -0.842. The third kappa shape index (κ3) is 5.55. The molecule has 1 aromatic carbocycles. The Morgan fingerprint density at radius 3 is 2.19 bits per heavy atom. The van der Waals surface area contributed by atoms with Crippen LogP contribution in [-0.2, 0) is 9.59 Å². The summed E-state index contributed by atoms with van der Waals surface area (Å²) >= 11 is 3.57. The maximum atomic E-state index is 9.77. The fourth-order valence-electron chi connectivity index (χ4n) is 2.15. The summed E-state index contributed by atoms with van der Waals surface area (Å²) in [5, 5.41) is 42.5. The van der Waals surface area contributed by atoms with Gasteiger partial charge in [-0.2, -0.15) is 0 Å². The topological polar surface area (TPSA) is 177 Å². The number of aliphatic hydroxyl groups excluding tert-OH is 2. The van der Waals surface area contributed by atoms with Crippen molar-refractivity contribution in [2.75, 3.05) is 18.4 Å². The van der Waals surface area contributed by atoms with Crippen molar-refractivity contribution in [3.63, 3.8) is 0 Å². The van der Waals surface area contributed by atoms with Crippen LogP contribution < -0.4 is 16.0 Å². The van der Waals surface area contributed by atoms with Gasteiger partial charge < -0.3 is 25.7 Å². The van der Waals surface area contributed by atoms with E-state index in [9.17, 15) is 9.59 Å². The van der Waals surface area contributed by atoms with Crippen molar-refractivity contribution in [2.24, 2.45) is 0 Å². The van der Waals surface area contributed by atoms with Crippen molar-refractivity contribution in [3.05, 3.63) is 29.0 Å². The zero-order valence-electron chi connectivity index (χ0n) is 13.8. The van der Waals surface area contributed by atoms with E-state index < -0.39 is 24.1 Å². The third-order valence-electron chi connectivity index (χ3n) is 3.51. The van der Waals surface area contributed by atoms with Gasteiger partial charge in [0.25, 0.3) is 0 Å². The summed E-state index contributed by atoms with van der Waals surface area (Å²) in [7, 11) is 0. The van der Waals surface area contributed by atoms with Crippen molar-refractivity contribution < 1.29 is 30.0 Å². The molecule has 27 heavy (non-hydrogen) atoms. The van der Waals surface area contributed by atoms with E-state index in [1.54, 1.807) is 12.4 Å². The molecule has 0 saturated carbocycles. The Morgan fingerprint density at radius 1 is 1.07 bits per heavy atom. The molecule has 2 aromatic rings. The predicted molar refractivity (Wildman–Crippen MR) is 97.9 cm³/mol. The van der Waals surface area contributed by atoms with Crippen LogP contribution in [0.2, 0.25) is 0 Å². The molecule has 0 bridgehead atoms. The standard InChI is InChI=1S/C11H12BrN5.C4H6O6/c12-9-7(17-11-15-5-6-16-11)1-2-8-10(9)14-4-3-13-8;5-1(3(7)8)2(6)4(9)10/h1-4,11,15-17H,5-6H2;1-2,5-6H,(H,7,8)(H,9,10). The molecule has 1 fully saturated rings. The van der Waals surface area contributed by atoms with Crippen LogP contribution in [0.25, 0.3) is 11.0 Å². The van der Waals surface area contributed by atoms with Crippen LogP contribution in [0.15, 0.2) is 29.0 Å². The van der Waals surface area contributed by atoms with Gasteiger partial charge in [0.2, 0.25) is 0 Å². The molecule has 0 radical (unpaired) electrons. The van der Waals surface area contributed by atoms with Gasteiger partial charge in [0.05, 0.1) is 15.7 Å². The summed E-state index contributed by atoms with van der Waals surface area (Å²) in [6.07, 6.45) is -1.03. The first-order chi connectivity index (χ1) is 12.8. The number of hydrogen-bond acceptors (Lipinski definition) is 9. The number of fused-ring (bicyclic) bond motifs is 1. The van der Waals surface area contributed by atoms with Gasteiger partial charge in [0, 0.05) is 25.5 Å². The zero-order valence-corrected chi connectivity index (χ0v) is 15.4. The lowest BCUT2D eigenvalue weighted by Crippen LogP contribution is -2.39. The second-order valence-corrected chi connectivity index (χ2v) is 6.20. The summed E-state index contributed by atoms with van der Waals surface area (Å²) in [6, 6.07) is 3.97. The molecule has 2 atom stereocenters. The molecule has 11 nitrogen and oxygen atoms in total. The lowest BCUT2D eigenvalue weighted by molar-refractivity contribution is -0.165. The normalized spacial score (nSPS) is 16.3. The van der Waals surface area contributed by atoms with Gasteiger partial charge in [0.1, 0.15) is 11.8 Å². The Morgan fingerprint density at radius 2 is 1.63 bits per heavy atom. The molecule has 1 aromatic heterocycles. The molecule has 0 aliphatic carbocycles. The molecule has 12 heteroatoms. The van der Waals surface area contributed by atoms with Crippen LogP contribution in [0.3, 0.4) is 0 Å². The molecule has 146 valence electrons. The number of anilines is 1. The zero-order chi connectivity index (χ0) is 20.0. The van der Waals surface area contributed by atoms with Crippen LogP contribution in [0, 0.1) is 0 Å².